The summed E-state index contributed by atoms with van der Waals surface area (Å²) in [6.45, 7) is 3.14. The minimum absolute atomic E-state index is 0.380. The molecular formula is C13H26N2O. The van der Waals surface area contributed by atoms with E-state index in [1.165, 1.54) is 38.6 Å². The van der Waals surface area contributed by atoms with Gasteiger partial charge in [-0.05, 0) is 39.3 Å². The second-order valence-electron chi connectivity index (χ2n) is 5.61. The highest BCUT2D eigenvalue weighted by molar-refractivity contribution is 4.90. The monoisotopic (exact) mass is 226 g/mol. The first kappa shape index (κ1) is 12.3. The van der Waals surface area contributed by atoms with Gasteiger partial charge in [-0.3, -0.25) is 4.90 Å². The molecule has 0 spiro atoms. The van der Waals surface area contributed by atoms with Gasteiger partial charge in [0.15, 0.2) is 0 Å². The van der Waals surface area contributed by atoms with Crippen molar-refractivity contribution in [1.29, 1.82) is 0 Å². The fraction of sp³-hybridized carbons (Fsp3) is 1.00. The third kappa shape index (κ3) is 2.96. The van der Waals surface area contributed by atoms with Crippen molar-refractivity contribution in [2.24, 2.45) is 0 Å². The molecular weight excluding hydrogens is 200 g/mol. The van der Waals surface area contributed by atoms with E-state index >= 15 is 0 Å². The van der Waals surface area contributed by atoms with E-state index in [1.54, 1.807) is 0 Å². The summed E-state index contributed by atoms with van der Waals surface area (Å²) in [4.78, 5) is 2.50. The Morgan fingerprint density at radius 1 is 1.25 bits per heavy atom. The number of hydrogen-bond acceptors (Lipinski definition) is 3. The van der Waals surface area contributed by atoms with Crippen LogP contribution in [0.3, 0.4) is 0 Å². The predicted octanol–water partition coefficient (Wildman–Crippen LogP) is 1.37. The van der Waals surface area contributed by atoms with Crippen LogP contribution in [0.15, 0.2) is 0 Å². The summed E-state index contributed by atoms with van der Waals surface area (Å²) in [5.41, 5.74) is -0.380. The fourth-order valence-electron chi connectivity index (χ4n) is 3.32. The van der Waals surface area contributed by atoms with Gasteiger partial charge in [-0.15, -0.1) is 0 Å². The first-order chi connectivity index (χ1) is 7.73. The van der Waals surface area contributed by atoms with E-state index in [9.17, 15) is 5.11 Å². The van der Waals surface area contributed by atoms with Gasteiger partial charge in [-0.1, -0.05) is 19.3 Å². The lowest BCUT2D eigenvalue weighted by Crippen LogP contribution is -2.48. The maximum atomic E-state index is 10.6. The molecule has 1 saturated heterocycles. The van der Waals surface area contributed by atoms with Gasteiger partial charge >= 0.3 is 0 Å². The highest BCUT2D eigenvalue weighted by Crippen LogP contribution is 2.30. The number of likely N-dealkylation sites (N-methyl/N-ethyl adjacent to an activating group) is 1. The first-order valence-electron chi connectivity index (χ1n) is 6.84. The van der Waals surface area contributed by atoms with Gasteiger partial charge in [0.2, 0.25) is 0 Å². The maximum absolute atomic E-state index is 10.6. The number of likely N-dealkylation sites (tertiary alicyclic amines) is 1. The average molecular weight is 226 g/mol. The Morgan fingerprint density at radius 3 is 2.69 bits per heavy atom. The number of nitrogens with one attached hydrogen (secondary N) is 1. The molecule has 3 nitrogen and oxygen atoms in total. The van der Waals surface area contributed by atoms with Crippen LogP contribution < -0.4 is 5.32 Å². The van der Waals surface area contributed by atoms with Crippen molar-refractivity contribution in [3.8, 4) is 0 Å². The predicted molar refractivity (Wildman–Crippen MR) is 66.6 cm³/mol. The summed E-state index contributed by atoms with van der Waals surface area (Å²) in [5.74, 6) is 0. The van der Waals surface area contributed by atoms with Crippen molar-refractivity contribution in [2.75, 3.05) is 26.7 Å². The molecule has 1 heterocycles. The second-order valence-corrected chi connectivity index (χ2v) is 5.61. The van der Waals surface area contributed by atoms with Crippen LogP contribution in [0.1, 0.15) is 44.9 Å². The smallest absolute Gasteiger partial charge is 0.0774 e. The molecule has 0 radical (unpaired) electrons. The van der Waals surface area contributed by atoms with Crippen molar-refractivity contribution in [3.63, 3.8) is 0 Å². The van der Waals surface area contributed by atoms with Crippen LogP contribution in [-0.4, -0.2) is 48.3 Å². The lowest BCUT2D eigenvalue weighted by Gasteiger charge is -2.37. The van der Waals surface area contributed by atoms with Crippen LogP contribution in [0.2, 0.25) is 0 Å². The number of aliphatic hydroxyl groups is 1. The minimum Gasteiger partial charge on any atom is -0.389 e. The molecule has 0 bridgehead atoms. The number of hydrogen-bond donors (Lipinski definition) is 2. The summed E-state index contributed by atoms with van der Waals surface area (Å²) in [6.07, 6.45) is 8.33. The molecule has 1 aliphatic carbocycles. The van der Waals surface area contributed by atoms with E-state index < -0.39 is 0 Å². The van der Waals surface area contributed by atoms with Crippen molar-refractivity contribution in [2.45, 2.75) is 56.6 Å². The van der Waals surface area contributed by atoms with Crippen LogP contribution in [-0.2, 0) is 0 Å². The zero-order valence-corrected chi connectivity index (χ0v) is 10.5. The number of rotatable bonds is 4. The lowest BCUT2D eigenvalue weighted by molar-refractivity contribution is -0.0287. The second kappa shape index (κ2) is 5.48. The standard InChI is InChI=1S/C13H26N2O/c1-14-10-12-6-5-9-15(12)11-13(16)7-3-2-4-8-13/h12,14,16H,2-11H2,1H3. The normalized spacial score (nSPS) is 30.8. The molecule has 2 fully saturated rings. The summed E-state index contributed by atoms with van der Waals surface area (Å²) >= 11 is 0. The van der Waals surface area contributed by atoms with Crippen LogP contribution >= 0.6 is 0 Å². The SMILES string of the molecule is CNCC1CCCN1CC1(O)CCCCC1. The van der Waals surface area contributed by atoms with Crippen LogP contribution in [0.25, 0.3) is 0 Å². The molecule has 2 N–H and O–H groups in total. The zero-order chi connectivity index (χ0) is 11.4. The van der Waals surface area contributed by atoms with E-state index in [1.807, 2.05) is 7.05 Å². The van der Waals surface area contributed by atoms with Crippen molar-refractivity contribution in [1.82, 2.24) is 10.2 Å². The van der Waals surface area contributed by atoms with Crippen molar-refractivity contribution in [3.05, 3.63) is 0 Å². The van der Waals surface area contributed by atoms with Crippen LogP contribution in [0.5, 0.6) is 0 Å². The molecule has 94 valence electrons. The van der Waals surface area contributed by atoms with Crippen LogP contribution in [0.4, 0.5) is 0 Å². The molecule has 2 rings (SSSR count). The molecule has 0 aromatic heterocycles. The summed E-state index contributed by atoms with van der Waals surface area (Å²) in [7, 11) is 2.02. The van der Waals surface area contributed by atoms with Crippen molar-refractivity contribution >= 4 is 0 Å². The van der Waals surface area contributed by atoms with Gasteiger partial charge in [-0.25, -0.2) is 0 Å². The van der Waals surface area contributed by atoms with E-state index in [0.717, 1.165) is 25.9 Å². The fourth-order valence-corrected chi connectivity index (χ4v) is 3.32. The Bertz CT molecular complexity index is 214. The highest BCUT2D eigenvalue weighted by Gasteiger charge is 2.35. The number of β-amino-alcohol motifs (C(OH)–C–C–N with tert-alkyl or cyclic N) is 1. The van der Waals surface area contributed by atoms with Gasteiger partial charge in [0.05, 0.1) is 5.60 Å². The van der Waals surface area contributed by atoms with E-state index in [4.69, 9.17) is 0 Å². The highest BCUT2D eigenvalue weighted by atomic mass is 16.3. The quantitative estimate of drug-likeness (QED) is 0.760. The van der Waals surface area contributed by atoms with Gasteiger partial charge < -0.3 is 10.4 Å². The van der Waals surface area contributed by atoms with Crippen molar-refractivity contribution < 1.29 is 5.11 Å². The average Bonchev–Trinajstić information content (AvgIpc) is 2.67. The largest absolute Gasteiger partial charge is 0.389 e. The third-order valence-corrected chi connectivity index (χ3v) is 4.22. The van der Waals surface area contributed by atoms with E-state index in [2.05, 4.69) is 10.2 Å². The Morgan fingerprint density at radius 2 is 2.00 bits per heavy atom. The molecule has 1 unspecified atom stereocenters. The molecule has 0 amide bonds. The Kier molecular flexibility index (Phi) is 4.22. The lowest BCUT2D eigenvalue weighted by atomic mass is 9.84. The summed E-state index contributed by atoms with van der Waals surface area (Å²) in [6, 6.07) is 0.649. The van der Waals surface area contributed by atoms with Gasteiger partial charge in [0.1, 0.15) is 0 Å². The van der Waals surface area contributed by atoms with E-state index in [0.29, 0.717) is 6.04 Å². The summed E-state index contributed by atoms with van der Waals surface area (Å²) in [5, 5.41) is 13.8. The molecule has 1 saturated carbocycles. The Labute approximate surface area is 99.2 Å². The Hall–Kier alpha value is -0.120. The van der Waals surface area contributed by atoms with Gasteiger partial charge in [0.25, 0.3) is 0 Å². The molecule has 3 heteroatoms. The third-order valence-electron chi connectivity index (χ3n) is 4.22. The topological polar surface area (TPSA) is 35.5 Å². The van der Waals surface area contributed by atoms with E-state index in [-0.39, 0.29) is 5.60 Å². The maximum Gasteiger partial charge on any atom is 0.0774 e. The first-order valence-corrected chi connectivity index (χ1v) is 6.84. The molecule has 0 aromatic carbocycles. The molecule has 2 aliphatic rings. The Balaban J connectivity index is 1.87. The molecule has 1 atom stereocenters. The number of nitrogens with zero attached hydrogens (tertiary/aromatic N) is 1. The molecule has 16 heavy (non-hydrogen) atoms. The minimum atomic E-state index is -0.380. The molecule has 0 aromatic rings. The van der Waals surface area contributed by atoms with Crippen LogP contribution in [0, 0.1) is 0 Å². The summed E-state index contributed by atoms with van der Waals surface area (Å²) < 4.78 is 0. The van der Waals surface area contributed by atoms with Gasteiger partial charge in [-0.2, -0.15) is 0 Å². The molecule has 1 aliphatic heterocycles. The van der Waals surface area contributed by atoms with Gasteiger partial charge in [0, 0.05) is 19.1 Å². The zero-order valence-electron chi connectivity index (χ0n) is 10.5.